The van der Waals surface area contributed by atoms with Crippen LogP contribution >= 0.6 is 0 Å². The molecule has 4 fully saturated rings. The van der Waals surface area contributed by atoms with Gasteiger partial charge in [0.1, 0.15) is 0 Å². The number of hydrogen-bond donors (Lipinski definition) is 0. The Bertz CT molecular complexity index is 2380. The monoisotopic (exact) mass is 1490 g/mol. The molecular weight excluding hydrogens is 1370 g/mol. The van der Waals surface area contributed by atoms with E-state index in [2.05, 4.69) is 203 Å². The molecule has 4 aliphatic rings. The maximum absolute atomic E-state index is 5.50. The molecule has 0 spiro atoms. The summed E-state index contributed by atoms with van der Waals surface area (Å²) in [4.78, 5) is 10.4. The number of nitrogens with zero attached hydrogens (tertiary/aromatic N) is 4. The first-order chi connectivity index (χ1) is 35.9. The Morgan fingerprint density at radius 1 is 0.360 bits per heavy atom. The molecule has 86 heavy (non-hydrogen) atoms. The molecule has 4 aromatic carbocycles. The van der Waals surface area contributed by atoms with Gasteiger partial charge >= 0.3 is 60.3 Å². The normalized spacial score (nSPS) is 15.6. The van der Waals surface area contributed by atoms with Gasteiger partial charge < -0.3 is 82.9 Å². The van der Waals surface area contributed by atoms with Crippen LogP contribution in [0.2, 0.25) is 0 Å². The Balaban J connectivity index is -0.000000284. The van der Waals surface area contributed by atoms with Crippen molar-refractivity contribution in [2.24, 2.45) is 0 Å². The fourth-order valence-electron chi connectivity index (χ4n) is 11.5. The van der Waals surface area contributed by atoms with Crippen LogP contribution in [0, 0.1) is 86.1 Å². The van der Waals surface area contributed by atoms with E-state index in [-0.39, 0.29) is 158 Å². The summed E-state index contributed by atoms with van der Waals surface area (Å²) in [6, 6.07) is 43.4. The fourth-order valence-corrected chi connectivity index (χ4v) is 11.5. The maximum Gasteiger partial charge on any atom is 3.00 e. The van der Waals surface area contributed by atoms with Gasteiger partial charge in [-0.3, -0.25) is 9.97 Å². The van der Waals surface area contributed by atoms with E-state index in [4.69, 9.17) is 20.6 Å². The summed E-state index contributed by atoms with van der Waals surface area (Å²) in [7, 11) is 0. The standard InChI is InChI=1S/2C30H36N2.2C5H10.8CH3.2Fe.Hf.Zr/c2*1-20(2)24-16-10-17-25(21(3)4)29(24)32-30(26-15-9-6-12-22(26)5)28-19-11-18-27(31-28)23-13-7-8-14-23;2*1-2-4-5-3-1;;;;;;;;;;;;/h2*6,9-13,15-21,23,30H,7-8,14H2,1-5H3;2*1-5H2;8*1H3;;;;/q2*-2;;;8*-1;2*+2;;+3. The second kappa shape index (κ2) is 49.3. The molecule has 477 valence electrons. The van der Waals surface area contributed by atoms with E-state index in [0.717, 1.165) is 22.8 Å². The summed E-state index contributed by atoms with van der Waals surface area (Å²) in [5.74, 6) is 2.60. The zero-order valence-corrected chi connectivity index (χ0v) is 65.4. The fraction of sp³-hybridized carbons (Fsp3) is 0.436. The third-order valence-corrected chi connectivity index (χ3v) is 15.9. The molecule has 4 atom stereocenters. The van der Waals surface area contributed by atoms with Gasteiger partial charge in [0, 0.05) is 48.6 Å². The van der Waals surface area contributed by atoms with Crippen LogP contribution in [0.3, 0.4) is 0 Å². The summed E-state index contributed by atoms with van der Waals surface area (Å²) in [5, 5.41) is 11.0. The van der Waals surface area contributed by atoms with Crippen LogP contribution in [0.5, 0.6) is 0 Å². The predicted molar refractivity (Wildman–Crippen MR) is 369 cm³/mol. The number of aromatic nitrogens is 2. The van der Waals surface area contributed by atoms with Crippen molar-refractivity contribution in [3.8, 4) is 0 Å². The average Bonchev–Trinajstić information content (AvgIpc) is 4.28. The van der Waals surface area contributed by atoms with Crippen molar-refractivity contribution in [2.75, 3.05) is 0 Å². The predicted octanol–water partition coefficient (Wildman–Crippen LogP) is 25.3. The molecular formula is C78H116Fe2HfN4Zr-5. The van der Waals surface area contributed by atoms with Crippen molar-refractivity contribution in [1.29, 1.82) is 0 Å². The Hall–Kier alpha value is -2.43. The van der Waals surface area contributed by atoms with Crippen molar-refractivity contribution in [1.82, 2.24) is 9.97 Å². The largest absolute Gasteiger partial charge is 3.00 e. The second-order valence-electron chi connectivity index (χ2n) is 23.0. The van der Waals surface area contributed by atoms with Crippen molar-refractivity contribution >= 4 is 11.4 Å². The van der Waals surface area contributed by atoms with Gasteiger partial charge in [0.25, 0.3) is 0 Å². The number of pyridine rings is 2. The molecule has 1 radical (unpaired) electrons. The summed E-state index contributed by atoms with van der Waals surface area (Å²) >= 11 is 0. The van der Waals surface area contributed by atoms with Gasteiger partial charge in [0.2, 0.25) is 0 Å². The molecule has 0 amide bonds. The van der Waals surface area contributed by atoms with Gasteiger partial charge in [-0.1, -0.05) is 276 Å². The van der Waals surface area contributed by atoms with Gasteiger partial charge in [0.15, 0.2) is 0 Å². The van der Waals surface area contributed by atoms with E-state index in [1.165, 1.54) is 159 Å². The Labute approximate surface area is 593 Å². The summed E-state index contributed by atoms with van der Waals surface area (Å²) in [5.41, 5.74) is 17.0. The van der Waals surface area contributed by atoms with Crippen LogP contribution in [0.15, 0.2) is 121 Å². The van der Waals surface area contributed by atoms with E-state index >= 15 is 0 Å². The third-order valence-electron chi connectivity index (χ3n) is 15.9. The minimum Gasteiger partial charge on any atom is -0.673 e. The van der Waals surface area contributed by atoms with Crippen LogP contribution in [0.4, 0.5) is 11.4 Å². The molecule has 4 nitrogen and oxygen atoms in total. The Morgan fingerprint density at radius 2 is 0.616 bits per heavy atom. The van der Waals surface area contributed by atoms with Crippen LogP contribution in [0.25, 0.3) is 10.6 Å². The summed E-state index contributed by atoms with van der Waals surface area (Å²) < 4.78 is 0. The van der Waals surface area contributed by atoms with E-state index in [1.54, 1.807) is 0 Å². The molecule has 2 heterocycles. The van der Waals surface area contributed by atoms with E-state index in [0.29, 0.717) is 35.5 Å². The van der Waals surface area contributed by atoms with Gasteiger partial charge in [-0.15, -0.1) is 23.2 Å². The zero-order valence-electron chi connectivity index (χ0n) is 57.1. The average molecular weight is 1490 g/mol. The molecule has 2 aromatic heterocycles. The molecule has 6 aromatic rings. The van der Waals surface area contributed by atoms with Gasteiger partial charge in [0.05, 0.1) is 0 Å². The SMILES string of the molecule is C1CCCC1.C1CCCC1.Cc1ccccc1C([N-]c1c(C(C)C)cccc1C(C)C)c1cccc(C2[CH-]CCC2)n1.Cc1ccccc1C([N-]c1c(C(C)C)cccc1C(C)C)c1cccc(C2[CH-]CCC2)n1.[CH3-].[CH3-].[CH3-].[CH3-].[CH3-].[CH3-].[CH3-].[CH3-].[Fe+2].[Fe+2].[Hf].[Zr+3]. The molecule has 0 N–H and O–H groups in total. The molecule has 8 heteroatoms. The molecule has 4 saturated carbocycles. The molecule has 4 unspecified atom stereocenters. The zero-order chi connectivity index (χ0) is 52.4. The van der Waals surface area contributed by atoms with Crippen molar-refractivity contribution < 1.29 is 86.2 Å². The Morgan fingerprint density at radius 3 is 0.860 bits per heavy atom. The number of benzene rings is 4. The van der Waals surface area contributed by atoms with Gasteiger partial charge in [-0.2, -0.15) is 12.8 Å². The van der Waals surface area contributed by atoms with Gasteiger partial charge in [-0.05, 0) is 85.0 Å². The van der Waals surface area contributed by atoms with E-state index in [9.17, 15) is 0 Å². The number of aryl methyl sites for hydroxylation is 2. The second-order valence-corrected chi connectivity index (χ2v) is 23.0. The summed E-state index contributed by atoms with van der Waals surface area (Å²) in [6.07, 6.45) is 27.2. The third kappa shape index (κ3) is 27.2. The topological polar surface area (TPSA) is 54.0 Å². The number of rotatable bonds is 14. The van der Waals surface area contributed by atoms with Crippen molar-refractivity contribution in [2.45, 2.75) is 220 Å². The first-order valence-electron chi connectivity index (χ1n) is 29.3. The summed E-state index contributed by atoms with van der Waals surface area (Å²) in [6.45, 7) is 22.4. The van der Waals surface area contributed by atoms with Crippen molar-refractivity contribution in [3.05, 3.63) is 271 Å². The molecule has 0 saturated heterocycles. The molecule has 4 aliphatic carbocycles. The van der Waals surface area contributed by atoms with Gasteiger partial charge in [-0.25, -0.2) is 0 Å². The van der Waals surface area contributed by atoms with E-state index in [1.807, 2.05) is 0 Å². The number of hydrogen-bond acceptors (Lipinski definition) is 2. The molecule has 0 bridgehead atoms. The van der Waals surface area contributed by atoms with Crippen LogP contribution in [-0.2, 0) is 86.2 Å². The van der Waals surface area contributed by atoms with Crippen LogP contribution in [0.1, 0.15) is 273 Å². The van der Waals surface area contributed by atoms with E-state index < -0.39 is 0 Å². The first-order valence-corrected chi connectivity index (χ1v) is 29.3. The quantitative estimate of drug-likeness (QED) is 0.0806. The maximum atomic E-state index is 5.50. The number of para-hydroxylation sites is 2. The van der Waals surface area contributed by atoms with Crippen LogP contribution < -0.4 is 0 Å². The first kappa shape index (κ1) is 94.7. The van der Waals surface area contributed by atoms with Crippen molar-refractivity contribution in [3.63, 3.8) is 0 Å². The minimum absolute atomic E-state index is 0. The smallest absolute Gasteiger partial charge is 0.673 e. The molecule has 0 aliphatic heterocycles. The molecule has 10 rings (SSSR count). The minimum atomic E-state index is -0.116. The Kier molecular flexibility index (Phi) is 54.3. The van der Waals surface area contributed by atoms with Crippen LogP contribution in [-0.4, -0.2) is 9.97 Å².